The number of anilines is 1. The van der Waals surface area contributed by atoms with E-state index in [1.165, 1.54) is 0 Å². The van der Waals surface area contributed by atoms with Crippen molar-refractivity contribution in [3.63, 3.8) is 0 Å². The maximum atomic E-state index is 9.76. The maximum Gasteiger partial charge on any atom is 0.126 e. The molecule has 0 aliphatic carbocycles. The highest BCUT2D eigenvalue weighted by Gasteiger charge is 2.26. The van der Waals surface area contributed by atoms with E-state index in [2.05, 4.69) is 15.6 Å². The Kier molecular flexibility index (Phi) is 2.29. The van der Waals surface area contributed by atoms with Crippen LogP contribution in [-0.2, 0) is 0 Å². The Morgan fingerprint density at radius 1 is 1.38 bits per heavy atom. The number of phenols is 1. The third-order valence-corrected chi connectivity index (χ3v) is 3.21. The molecule has 0 spiro atoms. The van der Waals surface area contributed by atoms with Gasteiger partial charge in [0.2, 0.25) is 0 Å². The molecule has 4 heteroatoms. The third kappa shape index (κ3) is 1.55. The molecule has 1 fully saturated rings. The number of rotatable bonds is 0. The van der Waals surface area contributed by atoms with Crippen LogP contribution in [0.4, 0.5) is 5.69 Å². The monoisotopic (exact) mass is 217 g/mol. The zero-order valence-electron chi connectivity index (χ0n) is 8.98. The van der Waals surface area contributed by atoms with Crippen LogP contribution in [0, 0.1) is 0 Å². The highest BCUT2D eigenvalue weighted by Crippen LogP contribution is 2.28. The first-order chi connectivity index (χ1) is 7.84. The Labute approximate surface area is 94.4 Å². The van der Waals surface area contributed by atoms with Gasteiger partial charge in [-0.3, -0.25) is 10.3 Å². The molecule has 4 nitrogen and oxygen atoms in total. The molecule has 3 rings (SSSR count). The fourth-order valence-electron chi connectivity index (χ4n) is 2.35. The van der Waals surface area contributed by atoms with Crippen LogP contribution < -0.4 is 10.6 Å². The summed E-state index contributed by atoms with van der Waals surface area (Å²) < 4.78 is 0. The average Bonchev–Trinajstić information content (AvgIpc) is 2.48. The first kappa shape index (κ1) is 9.66. The van der Waals surface area contributed by atoms with E-state index in [1.54, 1.807) is 12.3 Å². The minimum atomic E-state index is 0.126. The van der Waals surface area contributed by atoms with Crippen molar-refractivity contribution in [2.45, 2.75) is 25.0 Å². The summed E-state index contributed by atoms with van der Waals surface area (Å²) in [6, 6.07) is 5.85. The van der Waals surface area contributed by atoms with Gasteiger partial charge < -0.3 is 10.4 Å². The molecule has 0 saturated carbocycles. The summed E-state index contributed by atoms with van der Waals surface area (Å²) in [6.45, 7) is 1.02. The molecule has 16 heavy (non-hydrogen) atoms. The van der Waals surface area contributed by atoms with Crippen molar-refractivity contribution in [1.29, 1.82) is 0 Å². The van der Waals surface area contributed by atoms with Crippen molar-refractivity contribution in [3.8, 4) is 5.75 Å². The predicted octanol–water partition coefficient (Wildman–Crippen LogP) is 1.31. The largest absolute Gasteiger partial charge is 0.507 e. The Morgan fingerprint density at radius 2 is 2.31 bits per heavy atom. The lowest BCUT2D eigenvalue weighted by Crippen LogP contribution is -2.46. The van der Waals surface area contributed by atoms with Gasteiger partial charge in [-0.1, -0.05) is 6.07 Å². The Balaban J connectivity index is 2.00. The van der Waals surface area contributed by atoms with E-state index in [1.807, 2.05) is 12.1 Å². The minimum Gasteiger partial charge on any atom is -0.507 e. The summed E-state index contributed by atoms with van der Waals surface area (Å²) in [5.41, 5.74) is 1.76. The van der Waals surface area contributed by atoms with Crippen molar-refractivity contribution in [2.75, 3.05) is 11.9 Å². The van der Waals surface area contributed by atoms with E-state index in [0.29, 0.717) is 6.04 Å². The van der Waals surface area contributed by atoms with E-state index in [9.17, 15) is 5.11 Å². The third-order valence-electron chi connectivity index (χ3n) is 3.21. The Hall–Kier alpha value is -1.55. The molecule has 3 N–H and O–H groups in total. The van der Waals surface area contributed by atoms with E-state index in [-0.39, 0.29) is 11.9 Å². The second-order valence-corrected chi connectivity index (χ2v) is 4.31. The molecule has 1 saturated heterocycles. The van der Waals surface area contributed by atoms with Crippen LogP contribution in [0.15, 0.2) is 23.2 Å². The lowest BCUT2D eigenvalue weighted by molar-refractivity contribution is 0.380. The number of phenolic OH excluding ortho intramolecular Hbond substituents is 1. The zero-order chi connectivity index (χ0) is 11.0. The first-order valence-corrected chi connectivity index (χ1v) is 5.70. The second-order valence-electron chi connectivity index (χ2n) is 4.31. The smallest absolute Gasteiger partial charge is 0.126 e. The molecule has 2 aliphatic rings. The standard InChI is InChI=1S/C12H15N3O/c16-11-5-1-3-9-8(11)7-14-12-10(15-9)4-2-6-13-12/h1,3,5,7,10,12-13,15-16H,2,4,6H2. The molecule has 0 radical (unpaired) electrons. The molecule has 2 atom stereocenters. The molecule has 84 valence electrons. The van der Waals surface area contributed by atoms with Gasteiger partial charge >= 0.3 is 0 Å². The normalized spacial score (nSPS) is 27.5. The van der Waals surface area contributed by atoms with Crippen LogP contribution in [0.2, 0.25) is 0 Å². The fourth-order valence-corrected chi connectivity index (χ4v) is 2.35. The summed E-state index contributed by atoms with van der Waals surface area (Å²) in [6.07, 6.45) is 4.17. The second kappa shape index (κ2) is 3.79. The molecule has 2 heterocycles. The maximum absolute atomic E-state index is 9.76. The van der Waals surface area contributed by atoms with Crippen molar-refractivity contribution in [3.05, 3.63) is 23.8 Å². The van der Waals surface area contributed by atoms with Crippen LogP contribution in [0.5, 0.6) is 5.75 Å². The molecule has 2 aliphatic heterocycles. The molecular weight excluding hydrogens is 202 g/mol. The van der Waals surface area contributed by atoms with Crippen molar-refractivity contribution in [2.24, 2.45) is 4.99 Å². The Bertz CT molecular complexity index is 430. The molecule has 0 amide bonds. The average molecular weight is 217 g/mol. The number of fused-ring (bicyclic) bond motifs is 2. The van der Waals surface area contributed by atoms with Crippen molar-refractivity contribution < 1.29 is 5.11 Å². The van der Waals surface area contributed by atoms with Gasteiger partial charge in [0.1, 0.15) is 11.9 Å². The highest BCUT2D eigenvalue weighted by molar-refractivity contribution is 5.92. The zero-order valence-corrected chi connectivity index (χ0v) is 8.98. The lowest BCUT2D eigenvalue weighted by atomic mass is 10.0. The van der Waals surface area contributed by atoms with Crippen LogP contribution >= 0.6 is 0 Å². The summed E-state index contributed by atoms with van der Waals surface area (Å²) >= 11 is 0. The topological polar surface area (TPSA) is 56.7 Å². The number of benzene rings is 1. The fraction of sp³-hybridized carbons (Fsp3) is 0.417. The number of nitrogens with zero attached hydrogens (tertiary/aromatic N) is 1. The summed E-state index contributed by atoms with van der Waals surface area (Å²) in [5, 5.41) is 16.6. The quantitative estimate of drug-likeness (QED) is 0.614. The van der Waals surface area contributed by atoms with Crippen LogP contribution in [0.1, 0.15) is 18.4 Å². The number of piperidine rings is 1. The number of hydrogen-bond donors (Lipinski definition) is 3. The van der Waals surface area contributed by atoms with E-state index >= 15 is 0 Å². The SMILES string of the molecule is Oc1cccc2c1C=NC1NCCCC1N2. The molecular formula is C12H15N3O. The molecule has 1 aromatic carbocycles. The van der Waals surface area contributed by atoms with E-state index in [0.717, 1.165) is 30.6 Å². The van der Waals surface area contributed by atoms with Crippen LogP contribution in [0.25, 0.3) is 0 Å². The van der Waals surface area contributed by atoms with Gasteiger partial charge in [-0.15, -0.1) is 0 Å². The van der Waals surface area contributed by atoms with Gasteiger partial charge in [0.15, 0.2) is 0 Å². The van der Waals surface area contributed by atoms with Gasteiger partial charge in [0, 0.05) is 11.9 Å². The van der Waals surface area contributed by atoms with E-state index < -0.39 is 0 Å². The molecule has 1 aromatic rings. The van der Waals surface area contributed by atoms with E-state index in [4.69, 9.17) is 0 Å². The lowest BCUT2D eigenvalue weighted by Gasteiger charge is -2.29. The van der Waals surface area contributed by atoms with Gasteiger partial charge in [-0.2, -0.15) is 0 Å². The highest BCUT2D eigenvalue weighted by atomic mass is 16.3. The predicted molar refractivity (Wildman–Crippen MR) is 64.1 cm³/mol. The van der Waals surface area contributed by atoms with Crippen molar-refractivity contribution >= 4 is 11.9 Å². The number of nitrogens with one attached hydrogen (secondary N) is 2. The molecule has 0 aromatic heterocycles. The summed E-state index contributed by atoms with van der Waals surface area (Å²) in [4.78, 5) is 4.49. The van der Waals surface area contributed by atoms with Gasteiger partial charge in [0.05, 0.1) is 11.6 Å². The molecule has 2 unspecified atom stereocenters. The van der Waals surface area contributed by atoms with Crippen LogP contribution in [0.3, 0.4) is 0 Å². The van der Waals surface area contributed by atoms with Gasteiger partial charge in [-0.05, 0) is 31.5 Å². The van der Waals surface area contributed by atoms with Gasteiger partial charge in [-0.25, -0.2) is 0 Å². The van der Waals surface area contributed by atoms with Crippen molar-refractivity contribution in [1.82, 2.24) is 5.32 Å². The first-order valence-electron chi connectivity index (χ1n) is 5.70. The minimum absolute atomic E-state index is 0.126. The summed E-state index contributed by atoms with van der Waals surface area (Å²) in [7, 11) is 0. The number of aromatic hydroxyl groups is 1. The summed E-state index contributed by atoms with van der Waals surface area (Å²) in [5.74, 6) is 0.285. The van der Waals surface area contributed by atoms with Gasteiger partial charge in [0.25, 0.3) is 0 Å². The number of aliphatic imine (C=N–C) groups is 1. The molecule has 0 bridgehead atoms. The number of hydrogen-bond acceptors (Lipinski definition) is 4. The van der Waals surface area contributed by atoms with Crippen LogP contribution in [-0.4, -0.2) is 30.1 Å². The Morgan fingerprint density at radius 3 is 3.25 bits per heavy atom.